The molecule has 2 N–H and O–H groups in total. The van der Waals surface area contributed by atoms with E-state index in [-0.39, 0.29) is 0 Å². The Balaban J connectivity index is 3.13. The number of benzene rings is 1. The summed E-state index contributed by atoms with van der Waals surface area (Å²) in [6.45, 7) is 1.97. The SMILES string of the molecule is Cc1ccccc1/C(N)=C/C#N. The maximum Gasteiger partial charge on any atom is 0.0933 e. The first-order valence-corrected chi connectivity index (χ1v) is 3.67. The molecule has 0 saturated carbocycles. The average Bonchev–Trinajstić information content (AvgIpc) is 2.05. The number of nitrogens with zero attached hydrogens (tertiary/aromatic N) is 1. The Kier molecular flexibility index (Phi) is 2.49. The zero-order valence-electron chi connectivity index (χ0n) is 6.91. The second-order valence-electron chi connectivity index (χ2n) is 2.54. The van der Waals surface area contributed by atoms with E-state index >= 15 is 0 Å². The third kappa shape index (κ3) is 1.64. The van der Waals surface area contributed by atoms with Crippen LogP contribution in [0, 0.1) is 18.3 Å². The number of nitrogens with two attached hydrogens (primary N) is 1. The van der Waals surface area contributed by atoms with E-state index < -0.39 is 0 Å². The lowest BCUT2D eigenvalue weighted by molar-refractivity contribution is 1.39. The number of aryl methyl sites for hydroxylation is 1. The highest BCUT2D eigenvalue weighted by Crippen LogP contribution is 2.12. The molecule has 0 aromatic heterocycles. The first-order valence-electron chi connectivity index (χ1n) is 3.67. The molecule has 0 spiro atoms. The van der Waals surface area contributed by atoms with E-state index in [1.165, 1.54) is 6.08 Å². The third-order valence-corrected chi connectivity index (χ3v) is 1.68. The van der Waals surface area contributed by atoms with E-state index in [0.717, 1.165) is 11.1 Å². The first-order chi connectivity index (χ1) is 5.75. The molecule has 12 heavy (non-hydrogen) atoms. The maximum absolute atomic E-state index is 8.38. The molecule has 0 fully saturated rings. The highest BCUT2D eigenvalue weighted by molar-refractivity contribution is 5.67. The fraction of sp³-hybridized carbons (Fsp3) is 0.100. The van der Waals surface area contributed by atoms with Crippen molar-refractivity contribution >= 4 is 5.70 Å². The average molecular weight is 158 g/mol. The molecular weight excluding hydrogens is 148 g/mol. The summed E-state index contributed by atoms with van der Waals surface area (Å²) in [5, 5.41) is 8.38. The third-order valence-electron chi connectivity index (χ3n) is 1.68. The van der Waals surface area contributed by atoms with Crippen LogP contribution in [0.5, 0.6) is 0 Å². The van der Waals surface area contributed by atoms with Gasteiger partial charge in [0.15, 0.2) is 0 Å². The molecule has 2 heteroatoms. The lowest BCUT2D eigenvalue weighted by atomic mass is 10.1. The van der Waals surface area contributed by atoms with Crippen molar-refractivity contribution in [2.75, 3.05) is 0 Å². The summed E-state index contributed by atoms with van der Waals surface area (Å²) in [5.74, 6) is 0. The normalized spacial score (nSPS) is 10.8. The Hall–Kier alpha value is -1.75. The molecule has 0 aliphatic carbocycles. The van der Waals surface area contributed by atoms with Crippen molar-refractivity contribution in [1.29, 1.82) is 5.26 Å². The lowest BCUT2D eigenvalue weighted by Gasteiger charge is -2.02. The Labute approximate surface area is 71.9 Å². The van der Waals surface area contributed by atoms with Crippen LogP contribution in [-0.4, -0.2) is 0 Å². The zero-order valence-corrected chi connectivity index (χ0v) is 6.91. The fourth-order valence-electron chi connectivity index (χ4n) is 1.04. The monoisotopic (exact) mass is 158 g/mol. The van der Waals surface area contributed by atoms with Gasteiger partial charge in [-0.2, -0.15) is 5.26 Å². The van der Waals surface area contributed by atoms with E-state index in [1.54, 1.807) is 0 Å². The van der Waals surface area contributed by atoms with Gasteiger partial charge >= 0.3 is 0 Å². The van der Waals surface area contributed by atoms with Crippen molar-refractivity contribution in [1.82, 2.24) is 0 Å². The predicted molar refractivity (Wildman–Crippen MR) is 49.0 cm³/mol. The van der Waals surface area contributed by atoms with Gasteiger partial charge in [0.2, 0.25) is 0 Å². The van der Waals surface area contributed by atoms with Gasteiger partial charge < -0.3 is 5.73 Å². The van der Waals surface area contributed by atoms with Crippen molar-refractivity contribution < 1.29 is 0 Å². The van der Waals surface area contributed by atoms with Crippen molar-refractivity contribution in [3.63, 3.8) is 0 Å². The second kappa shape index (κ2) is 3.59. The number of hydrogen-bond donors (Lipinski definition) is 1. The molecule has 0 saturated heterocycles. The van der Waals surface area contributed by atoms with Gasteiger partial charge in [-0.3, -0.25) is 0 Å². The summed E-state index contributed by atoms with van der Waals surface area (Å²) in [5.41, 5.74) is 8.18. The Morgan fingerprint density at radius 1 is 1.50 bits per heavy atom. The molecule has 60 valence electrons. The fourth-order valence-corrected chi connectivity index (χ4v) is 1.04. The molecule has 1 aromatic rings. The van der Waals surface area contributed by atoms with Gasteiger partial charge in [-0.25, -0.2) is 0 Å². The molecular formula is C10H10N2. The molecule has 2 nitrogen and oxygen atoms in total. The van der Waals surface area contributed by atoms with Crippen molar-refractivity contribution in [2.45, 2.75) is 6.92 Å². The summed E-state index contributed by atoms with van der Waals surface area (Å²) in [6, 6.07) is 9.62. The topological polar surface area (TPSA) is 49.8 Å². The summed E-state index contributed by atoms with van der Waals surface area (Å²) < 4.78 is 0. The molecule has 0 atom stereocenters. The highest BCUT2D eigenvalue weighted by Gasteiger charge is 1.97. The standard InChI is InChI=1S/C10H10N2/c1-8-4-2-3-5-9(8)10(12)6-7-11/h2-6H,12H2,1H3/b10-6-. The van der Waals surface area contributed by atoms with E-state index in [1.807, 2.05) is 37.3 Å². The molecule has 0 heterocycles. The van der Waals surface area contributed by atoms with Gasteiger partial charge in [0.1, 0.15) is 0 Å². The van der Waals surface area contributed by atoms with E-state index in [2.05, 4.69) is 0 Å². The number of hydrogen-bond acceptors (Lipinski definition) is 2. The van der Waals surface area contributed by atoms with Crippen LogP contribution in [0.4, 0.5) is 0 Å². The summed E-state index contributed by atoms with van der Waals surface area (Å²) in [4.78, 5) is 0. The second-order valence-corrected chi connectivity index (χ2v) is 2.54. The predicted octanol–water partition coefficient (Wildman–Crippen LogP) is 1.82. The van der Waals surface area contributed by atoms with Crippen LogP contribution in [0.15, 0.2) is 30.3 Å². The molecule has 0 bridgehead atoms. The maximum atomic E-state index is 8.38. The van der Waals surface area contributed by atoms with Gasteiger partial charge in [-0.05, 0) is 12.5 Å². The number of allylic oxidation sites excluding steroid dienone is 1. The molecule has 0 unspecified atom stereocenters. The number of nitriles is 1. The minimum Gasteiger partial charge on any atom is -0.398 e. The lowest BCUT2D eigenvalue weighted by Crippen LogP contribution is -1.97. The summed E-state index contributed by atoms with van der Waals surface area (Å²) in [7, 11) is 0. The van der Waals surface area contributed by atoms with Gasteiger partial charge in [0.25, 0.3) is 0 Å². The largest absolute Gasteiger partial charge is 0.398 e. The first kappa shape index (κ1) is 8.35. The van der Waals surface area contributed by atoms with Gasteiger partial charge in [-0.1, -0.05) is 24.3 Å². The van der Waals surface area contributed by atoms with Crippen molar-refractivity contribution in [3.8, 4) is 6.07 Å². The highest BCUT2D eigenvalue weighted by atomic mass is 14.6. The minimum atomic E-state index is 0.524. The van der Waals surface area contributed by atoms with Crippen LogP contribution in [0.1, 0.15) is 11.1 Å². The van der Waals surface area contributed by atoms with Gasteiger partial charge in [0, 0.05) is 17.3 Å². The van der Waals surface area contributed by atoms with Crippen LogP contribution >= 0.6 is 0 Å². The van der Waals surface area contributed by atoms with Crippen LogP contribution in [0.3, 0.4) is 0 Å². The Bertz CT molecular complexity index is 345. The Morgan fingerprint density at radius 3 is 2.75 bits per heavy atom. The molecule has 1 rings (SSSR count). The molecule has 1 aromatic carbocycles. The van der Waals surface area contributed by atoms with Crippen molar-refractivity contribution in [3.05, 3.63) is 41.5 Å². The molecule has 0 amide bonds. The van der Waals surface area contributed by atoms with E-state index in [4.69, 9.17) is 11.0 Å². The summed E-state index contributed by atoms with van der Waals surface area (Å²) in [6.07, 6.45) is 1.35. The Morgan fingerprint density at radius 2 is 2.17 bits per heavy atom. The van der Waals surface area contributed by atoms with Crippen LogP contribution in [0.2, 0.25) is 0 Å². The molecule has 0 radical (unpaired) electrons. The van der Waals surface area contributed by atoms with Crippen LogP contribution < -0.4 is 5.73 Å². The van der Waals surface area contributed by atoms with Crippen molar-refractivity contribution in [2.24, 2.45) is 5.73 Å². The number of rotatable bonds is 1. The molecule has 0 aliphatic rings. The van der Waals surface area contributed by atoms with Crippen LogP contribution in [0.25, 0.3) is 5.70 Å². The van der Waals surface area contributed by atoms with E-state index in [9.17, 15) is 0 Å². The smallest absolute Gasteiger partial charge is 0.0933 e. The minimum absolute atomic E-state index is 0.524. The molecule has 0 aliphatic heterocycles. The van der Waals surface area contributed by atoms with Crippen LogP contribution in [-0.2, 0) is 0 Å². The quantitative estimate of drug-likeness (QED) is 0.634. The van der Waals surface area contributed by atoms with Gasteiger partial charge in [-0.15, -0.1) is 0 Å². The van der Waals surface area contributed by atoms with E-state index in [0.29, 0.717) is 5.70 Å². The summed E-state index contributed by atoms with van der Waals surface area (Å²) >= 11 is 0. The zero-order chi connectivity index (χ0) is 8.97. The van der Waals surface area contributed by atoms with Gasteiger partial charge in [0.05, 0.1) is 6.07 Å².